The van der Waals surface area contributed by atoms with Gasteiger partial charge in [0.05, 0.1) is 7.11 Å². The average molecular weight is 457 g/mol. The molecule has 1 aromatic carbocycles. The standard InChI is InChI=1S/C26H29FO6/c1-18(28)33-25(8-5-9-26(31)32-2)21-7-4-3-6-19(16-21)12-15-23(29)24(30)17-20-10-13-22(27)14-11-20/h3-4,6-7,10-15,24-25,30H,5,8-9,16-17H2,1-2H3/b15-12+/t24-,25-/m0/s1. The van der Waals surface area contributed by atoms with E-state index in [4.69, 9.17) is 4.74 Å². The average Bonchev–Trinajstić information content (AvgIpc) is 3.03. The van der Waals surface area contributed by atoms with Crippen molar-refractivity contribution in [2.45, 2.75) is 51.2 Å². The van der Waals surface area contributed by atoms with E-state index in [0.29, 0.717) is 24.8 Å². The van der Waals surface area contributed by atoms with E-state index in [0.717, 1.165) is 11.1 Å². The fourth-order valence-electron chi connectivity index (χ4n) is 3.35. The Labute approximate surface area is 193 Å². The SMILES string of the molecule is COC(=O)CCC[C@H](OC(C)=O)C1=CC=CC=C(/C=C/C(=O)[C@@H](O)Cc2ccc(F)cc2)C1. The predicted molar refractivity (Wildman–Crippen MR) is 122 cm³/mol. The first-order chi connectivity index (χ1) is 15.8. The van der Waals surface area contributed by atoms with Gasteiger partial charge in [-0.05, 0) is 54.2 Å². The molecule has 1 aliphatic rings. The van der Waals surface area contributed by atoms with Gasteiger partial charge >= 0.3 is 11.9 Å². The topological polar surface area (TPSA) is 89.9 Å². The minimum Gasteiger partial charge on any atom is -0.469 e. The third-order valence-electron chi connectivity index (χ3n) is 5.07. The molecule has 0 aromatic heterocycles. The summed E-state index contributed by atoms with van der Waals surface area (Å²) in [6, 6.07) is 5.62. The van der Waals surface area contributed by atoms with E-state index in [1.165, 1.54) is 44.4 Å². The lowest BCUT2D eigenvalue weighted by Gasteiger charge is -2.20. The third-order valence-corrected chi connectivity index (χ3v) is 5.07. The normalized spacial score (nSPS) is 15.3. The zero-order valence-corrected chi connectivity index (χ0v) is 18.8. The number of benzene rings is 1. The Kier molecular flexibility index (Phi) is 10.4. The Morgan fingerprint density at radius 2 is 1.85 bits per heavy atom. The lowest BCUT2D eigenvalue weighted by atomic mass is 9.96. The number of rotatable bonds is 11. The first kappa shape index (κ1) is 25.9. The van der Waals surface area contributed by atoms with Gasteiger partial charge in [0, 0.05) is 19.8 Å². The lowest BCUT2D eigenvalue weighted by Crippen LogP contribution is -2.21. The molecular formula is C26H29FO6. The molecule has 0 fully saturated rings. The summed E-state index contributed by atoms with van der Waals surface area (Å²) in [6.45, 7) is 1.33. The van der Waals surface area contributed by atoms with Gasteiger partial charge in [-0.25, -0.2) is 4.39 Å². The van der Waals surface area contributed by atoms with Gasteiger partial charge in [-0.1, -0.05) is 42.5 Å². The molecule has 1 N–H and O–H groups in total. The van der Waals surface area contributed by atoms with Crippen molar-refractivity contribution in [1.29, 1.82) is 0 Å². The Morgan fingerprint density at radius 3 is 2.52 bits per heavy atom. The maximum Gasteiger partial charge on any atom is 0.305 e. The monoisotopic (exact) mass is 456 g/mol. The third kappa shape index (κ3) is 9.37. The Bertz CT molecular complexity index is 955. The molecule has 7 heteroatoms. The number of hydrogen-bond acceptors (Lipinski definition) is 6. The molecule has 0 aliphatic heterocycles. The summed E-state index contributed by atoms with van der Waals surface area (Å²) < 4.78 is 23.1. The van der Waals surface area contributed by atoms with Crippen LogP contribution in [0.5, 0.6) is 0 Å². The second kappa shape index (κ2) is 13.3. The van der Waals surface area contributed by atoms with Crippen molar-refractivity contribution in [3.05, 3.63) is 83.2 Å². The van der Waals surface area contributed by atoms with Crippen LogP contribution in [0.4, 0.5) is 4.39 Å². The maximum absolute atomic E-state index is 13.0. The Morgan fingerprint density at radius 1 is 1.15 bits per heavy atom. The molecule has 6 nitrogen and oxygen atoms in total. The van der Waals surface area contributed by atoms with Gasteiger partial charge in [0.2, 0.25) is 0 Å². The summed E-state index contributed by atoms with van der Waals surface area (Å²) in [6.07, 6.45) is 10.2. The number of hydrogen-bond donors (Lipinski definition) is 1. The van der Waals surface area contributed by atoms with Crippen molar-refractivity contribution in [2.75, 3.05) is 7.11 Å². The molecule has 0 heterocycles. The van der Waals surface area contributed by atoms with Crippen molar-refractivity contribution < 1.29 is 33.4 Å². The summed E-state index contributed by atoms with van der Waals surface area (Å²) in [7, 11) is 1.33. The zero-order valence-electron chi connectivity index (χ0n) is 18.8. The van der Waals surface area contributed by atoms with Crippen LogP contribution in [0, 0.1) is 5.82 Å². The van der Waals surface area contributed by atoms with Crippen LogP contribution < -0.4 is 0 Å². The number of aliphatic hydroxyl groups is 1. The largest absolute Gasteiger partial charge is 0.469 e. The zero-order chi connectivity index (χ0) is 24.2. The Balaban J connectivity index is 2.00. The molecule has 0 amide bonds. The van der Waals surface area contributed by atoms with Crippen LogP contribution in [-0.2, 0) is 30.3 Å². The smallest absolute Gasteiger partial charge is 0.305 e. The lowest BCUT2D eigenvalue weighted by molar-refractivity contribution is -0.145. The van der Waals surface area contributed by atoms with Gasteiger partial charge in [-0.3, -0.25) is 14.4 Å². The first-order valence-corrected chi connectivity index (χ1v) is 10.7. The second-order valence-corrected chi connectivity index (χ2v) is 7.69. The number of carbonyl (C=O) groups excluding carboxylic acids is 3. The maximum atomic E-state index is 13.0. The number of methoxy groups -OCH3 is 1. The number of allylic oxidation sites excluding steroid dienone is 6. The van der Waals surface area contributed by atoms with E-state index in [-0.39, 0.29) is 24.6 Å². The van der Waals surface area contributed by atoms with Crippen LogP contribution >= 0.6 is 0 Å². The molecule has 0 bridgehead atoms. The molecule has 0 spiro atoms. The van der Waals surface area contributed by atoms with E-state index in [1.807, 2.05) is 24.3 Å². The predicted octanol–water partition coefficient (Wildman–Crippen LogP) is 3.94. The van der Waals surface area contributed by atoms with Crippen LogP contribution in [0.3, 0.4) is 0 Å². The fourth-order valence-corrected chi connectivity index (χ4v) is 3.35. The summed E-state index contributed by atoms with van der Waals surface area (Å²) in [5.41, 5.74) is 2.28. The first-order valence-electron chi connectivity index (χ1n) is 10.7. The highest BCUT2D eigenvalue weighted by molar-refractivity contribution is 5.93. The highest BCUT2D eigenvalue weighted by Gasteiger charge is 2.20. The summed E-state index contributed by atoms with van der Waals surface area (Å²) in [4.78, 5) is 35.3. The molecule has 0 radical (unpaired) electrons. The van der Waals surface area contributed by atoms with Gasteiger partial charge in [0.15, 0.2) is 5.78 Å². The molecule has 33 heavy (non-hydrogen) atoms. The molecule has 0 unspecified atom stereocenters. The summed E-state index contributed by atoms with van der Waals surface area (Å²) >= 11 is 0. The van der Waals surface area contributed by atoms with E-state index in [9.17, 15) is 23.9 Å². The fraction of sp³-hybridized carbons (Fsp3) is 0.346. The van der Waals surface area contributed by atoms with Crippen molar-refractivity contribution in [2.24, 2.45) is 0 Å². The second-order valence-electron chi connectivity index (χ2n) is 7.69. The van der Waals surface area contributed by atoms with Crippen molar-refractivity contribution >= 4 is 17.7 Å². The van der Waals surface area contributed by atoms with Crippen LogP contribution in [0.25, 0.3) is 0 Å². The number of aliphatic hydroxyl groups excluding tert-OH is 1. The van der Waals surface area contributed by atoms with Crippen LogP contribution in [0.2, 0.25) is 0 Å². The van der Waals surface area contributed by atoms with Crippen molar-refractivity contribution in [1.82, 2.24) is 0 Å². The molecule has 2 rings (SSSR count). The van der Waals surface area contributed by atoms with Crippen molar-refractivity contribution in [3.8, 4) is 0 Å². The van der Waals surface area contributed by atoms with E-state index in [2.05, 4.69) is 4.74 Å². The highest BCUT2D eigenvalue weighted by Crippen LogP contribution is 2.24. The number of ketones is 1. The van der Waals surface area contributed by atoms with Crippen LogP contribution in [-0.4, -0.2) is 42.1 Å². The highest BCUT2D eigenvalue weighted by atomic mass is 19.1. The Hall–Kier alpha value is -3.32. The number of ether oxygens (including phenoxy) is 2. The summed E-state index contributed by atoms with van der Waals surface area (Å²) in [5, 5.41) is 10.2. The van der Waals surface area contributed by atoms with Gasteiger partial charge < -0.3 is 14.6 Å². The molecule has 0 saturated heterocycles. The molecule has 2 atom stereocenters. The molecule has 1 aromatic rings. The molecule has 1 aliphatic carbocycles. The van der Waals surface area contributed by atoms with Crippen LogP contribution in [0.15, 0.2) is 71.9 Å². The van der Waals surface area contributed by atoms with Crippen molar-refractivity contribution in [3.63, 3.8) is 0 Å². The quantitative estimate of drug-likeness (QED) is 0.401. The van der Waals surface area contributed by atoms with E-state index in [1.54, 1.807) is 6.08 Å². The van der Waals surface area contributed by atoms with Gasteiger partial charge in [0.1, 0.15) is 18.0 Å². The van der Waals surface area contributed by atoms with Gasteiger partial charge in [-0.15, -0.1) is 0 Å². The van der Waals surface area contributed by atoms with E-state index < -0.39 is 24.0 Å². The minimum absolute atomic E-state index is 0.0856. The number of carbonyl (C=O) groups is 3. The van der Waals surface area contributed by atoms with Gasteiger partial charge in [0.25, 0.3) is 0 Å². The number of esters is 2. The molecule has 176 valence electrons. The summed E-state index contributed by atoms with van der Waals surface area (Å²) in [5.74, 6) is -1.59. The van der Waals surface area contributed by atoms with Crippen LogP contribution in [0.1, 0.15) is 38.2 Å². The van der Waals surface area contributed by atoms with E-state index >= 15 is 0 Å². The number of halogens is 1. The molecule has 0 saturated carbocycles. The van der Waals surface area contributed by atoms with Gasteiger partial charge in [-0.2, -0.15) is 0 Å². The molecular weight excluding hydrogens is 427 g/mol. The minimum atomic E-state index is -1.24.